The predicted octanol–water partition coefficient (Wildman–Crippen LogP) is 1.03. The molecule has 1 aromatic rings. The fraction of sp³-hybridized carbons (Fsp3) is 0.667. The first-order valence-corrected chi connectivity index (χ1v) is 6.39. The molecule has 0 unspecified atom stereocenters. The Bertz CT molecular complexity index is 472. The minimum Gasteiger partial charge on any atom is -0.352 e. The molecule has 0 spiro atoms. The van der Waals surface area contributed by atoms with E-state index in [1.807, 2.05) is 0 Å². The van der Waals surface area contributed by atoms with E-state index in [9.17, 15) is 18.0 Å². The SMILES string of the molecule is Cn1cc(C(=O)NC[C@H]2CCN(CC(F)(F)F)C2)cn1. The van der Waals surface area contributed by atoms with E-state index < -0.39 is 12.7 Å². The molecule has 0 aliphatic carbocycles. The second-order valence-corrected chi connectivity index (χ2v) is 5.12. The smallest absolute Gasteiger partial charge is 0.352 e. The normalized spacial score (nSPS) is 20.3. The van der Waals surface area contributed by atoms with Crippen molar-refractivity contribution in [2.45, 2.75) is 12.6 Å². The lowest BCUT2D eigenvalue weighted by Gasteiger charge is -2.17. The Morgan fingerprint density at radius 2 is 2.30 bits per heavy atom. The molecule has 0 aromatic carbocycles. The number of likely N-dealkylation sites (tertiary alicyclic amines) is 1. The number of halogens is 3. The van der Waals surface area contributed by atoms with Crippen LogP contribution in [0.3, 0.4) is 0 Å². The minimum absolute atomic E-state index is 0.0676. The average molecular weight is 290 g/mol. The van der Waals surface area contributed by atoms with Crippen molar-refractivity contribution in [1.82, 2.24) is 20.0 Å². The van der Waals surface area contributed by atoms with Gasteiger partial charge in [0.05, 0.1) is 18.3 Å². The summed E-state index contributed by atoms with van der Waals surface area (Å²) in [6.45, 7) is 0.307. The first-order chi connectivity index (χ1) is 9.33. The van der Waals surface area contributed by atoms with E-state index in [4.69, 9.17) is 0 Å². The van der Waals surface area contributed by atoms with E-state index in [1.165, 1.54) is 15.8 Å². The highest BCUT2D eigenvalue weighted by atomic mass is 19.4. The summed E-state index contributed by atoms with van der Waals surface area (Å²) in [6, 6.07) is 0. The third-order valence-electron chi connectivity index (χ3n) is 3.29. The molecule has 1 atom stereocenters. The molecular formula is C12H17F3N4O. The maximum Gasteiger partial charge on any atom is 0.401 e. The van der Waals surface area contributed by atoms with Crippen molar-refractivity contribution in [3.8, 4) is 0 Å². The fourth-order valence-corrected chi connectivity index (χ4v) is 2.35. The molecule has 1 amide bonds. The number of aromatic nitrogens is 2. The van der Waals surface area contributed by atoms with E-state index in [1.54, 1.807) is 13.2 Å². The van der Waals surface area contributed by atoms with Crippen molar-refractivity contribution < 1.29 is 18.0 Å². The van der Waals surface area contributed by atoms with Crippen LogP contribution in [-0.4, -0.2) is 52.9 Å². The number of alkyl halides is 3. The monoisotopic (exact) mass is 290 g/mol. The van der Waals surface area contributed by atoms with Gasteiger partial charge in [0, 0.05) is 26.3 Å². The lowest BCUT2D eigenvalue weighted by Crippen LogP contribution is -2.34. The maximum atomic E-state index is 12.3. The average Bonchev–Trinajstić information content (AvgIpc) is 2.93. The van der Waals surface area contributed by atoms with Crippen molar-refractivity contribution in [1.29, 1.82) is 0 Å². The van der Waals surface area contributed by atoms with E-state index in [0.29, 0.717) is 31.6 Å². The van der Waals surface area contributed by atoms with E-state index in [-0.39, 0.29) is 11.8 Å². The Morgan fingerprint density at radius 3 is 2.90 bits per heavy atom. The van der Waals surface area contributed by atoms with Crippen molar-refractivity contribution in [2.75, 3.05) is 26.2 Å². The molecule has 112 valence electrons. The van der Waals surface area contributed by atoms with Crippen molar-refractivity contribution in [3.05, 3.63) is 18.0 Å². The highest BCUT2D eigenvalue weighted by Gasteiger charge is 2.34. The summed E-state index contributed by atoms with van der Waals surface area (Å²) in [7, 11) is 1.71. The van der Waals surface area contributed by atoms with Gasteiger partial charge in [0.15, 0.2) is 0 Å². The van der Waals surface area contributed by atoms with Crippen LogP contribution in [0.1, 0.15) is 16.8 Å². The van der Waals surface area contributed by atoms with E-state index in [0.717, 1.165) is 0 Å². The zero-order valence-corrected chi connectivity index (χ0v) is 11.2. The number of amides is 1. The zero-order valence-electron chi connectivity index (χ0n) is 11.2. The van der Waals surface area contributed by atoms with Gasteiger partial charge in [0.1, 0.15) is 0 Å². The summed E-state index contributed by atoms with van der Waals surface area (Å²) in [4.78, 5) is 13.1. The number of carbonyl (C=O) groups excluding carboxylic acids is 1. The molecule has 8 heteroatoms. The van der Waals surface area contributed by atoms with Gasteiger partial charge in [-0.1, -0.05) is 0 Å². The van der Waals surface area contributed by atoms with Crippen LogP contribution in [0.5, 0.6) is 0 Å². The highest BCUT2D eigenvalue weighted by Crippen LogP contribution is 2.22. The summed E-state index contributed by atoms with van der Waals surface area (Å²) in [5.41, 5.74) is 0.456. The fourth-order valence-electron chi connectivity index (χ4n) is 2.35. The van der Waals surface area contributed by atoms with E-state index >= 15 is 0 Å². The summed E-state index contributed by atoms with van der Waals surface area (Å²) >= 11 is 0. The standard InChI is InChI=1S/C12H17F3N4O/c1-18-7-10(5-17-18)11(20)16-4-9-2-3-19(6-9)8-12(13,14)15/h5,7,9H,2-4,6,8H2,1H3,(H,16,20)/t9-/m1/s1. The number of aryl methyl sites for hydroxylation is 1. The van der Waals surface area contributed by atoms with Crippen molar-refractivity contribution in [3.63, 3.8) is 0 Å². The predicted molar refractivity (Wildman–Crippen MR) is 66.1 cm³/mol. The lowest BCUT2D eigenvalue weighted by molar-refractivity contribution is -0.143. The van der Waals surface area contributed by atoms with Gasteiger partial charge < -0.3 is 5.32 Å². The van der Waals surface area contributed by atoms with Gasteiger partial charge in [0.25, 0.3) is 5.91 Å². The number of rotatable bonds is 4. The minimum atomic E-state index is -4.16. The second-order valence-electron chi connectivity index (χ2n) is 5.12. The topological polar surface area (TPSA) is 50.2 Å². The first-order valence-electron chi connectivity index (χ1n) is 6.39. The van der Waals surface area contributed by atoms with Gasteiger partial charge in [-0.25, -0.2) is 0 Å². The summed E-state index contributed by atoms with van der Waals surface area (Å²) in [5, 5.41) is 6.63. The number of carbonyl (C=O) groups is 1. The van der Waals surface area contributed by atoms with Crippen molar-refractivity contribution in [2.24, 2.45) is 13.0 Å². The third kappa shape index (κ3) is 4.22. The lowest BCUT2D eigenvalue weighted by atomic mass is 10.1. The molecule has 0 saturated carbocycles. The third-order valence-corrected chi connectivity index (χ3v) is 3.29. The Balaban J connectivity index is 1.74. The number of nitrogens with zero attached hydrogens (tertiary/aromatic N) is 3. The van der Waals surface area contributed by atoms with Gasteiger partial charge in [-0.05, 0) is 18.9 Å². The summed E-state index contributed by atoms with van der Waals surface area (Å²) in [5.74, 6) is -0.176. The molecule has 2 rings (SSSR count). The molecule has 1 aliphatic rings. The van der Waals surface area contributed by atoms with Crippen LogP contribution < -0.4 is 5.32 Å². The number of hydrogen-bond acceptors (Lipinski definition) is 3. The van der Waals surface area contributed by atoms with Gasteiger partial charge in [0.2, 0.25) is 0 Å². The molecule has 20 heavy (non-hydrogen) atoms. The number of nitrogens with one attached hydrogen (secondary N) is 1. The van der Waals surface area contributed by atoms with Gasteiger partial charge in [-0.2, -0.15) is 18.3 Å². The van der Waals surface area contributed by atoms with Gasteiger partial charge in [-0.15, -0.1) is 0 Å². The van der Waals surface area contributed by atoms with Crippen LogP contribution in [0.4, 0.5) is 13.2 Å². The molecule has 0 bridgehead atoms. The molecule has 0 radical (unpaired) electrons. The second kappa shape index (κ2) is 5.82. The van der Waals surface area contributed by atoms with Gasteiger partial charge in [-0.3, -0.25) is 14.4 Å². The Labute approximate surface area is 114 Å². The molecule has 1 saturated heterocycles. The Kier molecular flexibility index (Phi) is 4.32. The molecule has 1 N–H and O–H groups in total. The highest BCUT2D eigenvalue weighted by molar-refractivity contribution is 5.93. The summed E-state index contributed by atoms with van der Waals surface area (Å²) in [6.07, 6.45) is -0.433. The van der Waals surface area contributed by atoms with Crippen LogP contribution in [0.2, 0.25) is 0 Å². The van der Waals surface area contributed by atoms with Crippen LogP contribution >= 0.6 is 0 Å². The molecule has 5 nitrogen and oxygen atoms in total. The van der Waals surface area contributed by atoms with Gasteiger partial charge >= 0.3 is 6.18 Å². The largest absolute Gasteiger partial charge is 0.401 e. The van der Waals surface area contributed by atoms with Crippen molar-refractivity contribution >= 4 is 5.91 Å². The van der Waals surface area contributed by atoms with Crippen LogP contribution in [0, 0.1) is 5.92 Å². The zero-order chi connectivity index (χ0) is 14.8. The van der Waals surface area contributed by atoms with Crippen LogP contribution in [0.15, 0.2) is 12.4 Å². The molecule has 2 heterocycles. The Hall–Kier alpha value is -1.57. The van der Waals surface area contributed by atoms with E-state index in [2.05, 4.69) is 10.4 Å². The number of hydrogen-bond donors (Lipinski definition) is 1. The quantitative estimate of drug-likeness (QED) is 0.901. The van der Waals surface area contributed by atoms with Crippen LogP contribution in [-0.2, 0) is 7.05 Å². The molecule has 1 aromatic heterocycles. The molecule has 1 aliphatic heterocycles. The molecule has 1 fully saturated rings. The Morgan fingerprint density at radius 1 is 1.55 bits per heavy atom. The molecular weight excluding hydrogens is 273 g/mol. The summed E-state index contributed by atoms with van der Waals surface area (Å²) < 4.78 is 38.3. The first kappa shape index (κ1) is 14.8. The maximum absolute atomic E-state index is 12.3. The van der Waals surface area contributed by atoms with Crippen LogP contribution in [0.25, 0.3) is 0 Å².